The Morgan fingerprint density at radius 2 is 1.96 bits per heavy atom. The zero-order valence-corrected chi connectivity index (χ0v) is 13.7. The van der Waals surface area contributed by atoms with Gasteiger partial charge in [-0.15, -0.1) is 0 Å². The van der Waals surface area contributed by atoms with Gasteiger partial charge in [-0.3, -0.25) is 23.9 Å². The highest BCUT2D eigenvalue weighted by Gasteiger charge is 2.41. The summed E-state index contributed by atoms with van der Waals surface area (Å²) < 4.78 is 54.4. The molecule has 0 radical (unpaired) electrons. The van der Waals surface area contributed by atoms with Crippen molar-refractivity contribution in [2.24, 2.45) is 0 Å². The van der Waals surface area contributed by atoms with Crippen LogP contribution < -0.4 is 11.2 Å². The minimum absolute atomic E-state index is 0.172. The minimum Gasteiger partial charge on any atom is -0.463 e. The highest BCUT2D eigenvalue weighted by Crippen LogP contribution is 2.32. The van der Waals surface area contributed by atoms with Crippen molar-refractivity contribution in [2.45, 2.75) is 44.9 Å². The molecule has 0 saturated carbocycles. The summed E-state index contributed by atoms with van der Waals surface area (Å²) in [7, 11) is 0. The number of rotatable bonds is 4. The molecule has 0 bridgehead atoms. The van der Waals surface area contributed by atoms with Gasteiger partial charge in [-0.25, -0.2) is 4.79 Å². The number of carbonyl (C=O) groups excluding carboxylic acids is 2. The third-order valence-electron chi connectivity index (χ3n) is 3.53. The third-order valence-corrected chi connectivity index (χ3v) is 3.53. The quantitative estimate of drug-likeness (QED) is 0.749. The number of halogens is 3. The van der Waals surface area contributed by atoms with Crippen LogP contribution in [-0.2, 0) is 30.0 Å². The van der Waals surface area contributed by atoms with Crippen molar-refractivity contribution in [3.63, 3.8) is 0 Å². The van der Waals surface area contributed by atoms with Crippen LogP contribution in [0, 0.1) is 0 Å². The molecule has 2 rings (SSSR count). The van der Waals surface area contributed by atoms with E-state index >= 15 is 0 Å². The molecule has 0 aromatic carbocycles. The normalized spacial score (nSPS) is 22.9. The highest BCUT2D eigenvalue weighted by atomic mass is 19.4. The molecule has 3 atom stereocenters. The van der Waals surface area contributed by atoms with E-state index in [0.717, 1.165) is 13.8 Å². The lowest BCUT2D eigenvalue weighted by Crippen LogP contribution is -2.36. The van der Waals surface area contributed by atoms with Crippen molar-refractivity contribution in [3.8, 4) is 0 Å². The molecule has 1 N–H and O–H groups in total. The molecule has 0 aliphatic carbocycles. The zero-order valence-electron chi connectivity index (χ0n) is 13.7. The van der Waals surface area contributed by atoms with Gasteiger partial charge in [0.05, 0.1) is 0 Å². The third kappa shape index (κ3) is 4.50. The molecule has 0 spiro atoms. The van der Waals surface area contributed by atoms with E-state index in [9.17, 15) is 32.3 Å². The molecule has 1 aliphatic rings. The van der Waals surface area contributed by atoms with Gasteiger partial charge in [0.2, 0.25) is 0 Å². The molecule has 1 aliphatic heterocycles. The van der Waals surface area contributed by atoms with Crippen LogP contribution in [-0.4, -0.2) is 40.3 Å². The Morgan fingerprint density at radius 1 is 1.31 bits per heavy atom. The number of carbonyl (C=O) groups is 2. The van der Waals surface area contributed by atoms with E-state index in [-0.39, 0.29) is 13.0 Å². The average Bonchev–Trinajstić information content (AvgIpc) is 2.85. The molecule has 12 heteroatoms. The summed E-state index contributed by atoms with van der Waals surface area (Å²) in [6, 6.07) is 0. The maximum Gasteiger partial charge on any atom is 0.423 e. The van der Waals surface area contributed by atoms with Crippen molar-refractivity contribution >= 4 is 11.9 Å². The Morgan fingerprint density at radius 3 is 2.50 bits per heavy atom. The number of H-pyrrole nitrogens is 1. The molecule has 144 valence electrons. The second-order valence-electron chi connectivity index (χ2n) is 5.52. The Hall–Kier alpha value is -2.63. The number of nitrogens with one attached hydrogen (secondary N) is 1. The first-order chi connectivity index (χ1) is 12.0. The molecule has 0 unspecified atom stereocenters. The van der Waals surface area contributed by atoms with Crippen LogP contribution in [0.3, 0.4) is 0 Å². The summed E-state index contributed by atoms with van der Waals surface area (Å²) in [6.45, 7) is 1.92. The lowest BCUT2D eigenvalue weighted by Gasteiger charge is -2.18. The predicted molar refractivity (Wildman–Crippen MR) is 77.0 cm³/mol. The number of esters is 2. The maximum atomic E-state index is 12.9. The Bertz CT molecular complexity index is 814. The molecule has 1 fully saturated rings. The van der Waals surface area contributed by atoms with Crippen LogP contribution >= 0.6 is 0 Å². The van der Waals surface area contributed by atoms with E-state index in [0.29, 0.717) is 10.8 Å². The monoisotopic (exact) mass is 380 g/mol. The van der Waals surface area contributed by atoms with E-state index in [1.807, 2.05) is 0 Å². The fourth-order valence-corrected chi connectivity index (χ4v) is 2.46. The Labute approximate surface area is 143 Å². The van der Waals surface area contributed by atoms with Crippen molar-refractivity contribution in [3.05, 3.63) is 32.6 Å². The van der Waals surface area contributed by atoms with Gasteiger partial charge in [0.1, 0.15) is 30.6 Å². The topological polar surface area (TPSA) is 117 Å². The number of hydrogen-bond acceptors (Lipinski definition) is 7. The predicted octanol–water partition coefficient (Wildman–Crippen LogP) is 0.338. The molecular weight excluding hydrogens is 365 g/mol. The van der Waals surface area contributed by atoms with Crippen LogP contribution in [0.5, 0.6) is 0 Å². The zero-order chi connectivity index (χ0) is 19.6. The summed E-state index contributed by atoms with van der Waals surface area (Å²) >= 11 is 0. The van der Waals surface area contributed by atoms with Gasteiger partial charge in [0.25, 0.3) is 5.56 Å². The fourth-order valence-electron chi connectivity index (χ4n) is 2.46. The minimum atomic E-state index is -4.98. The van der Waals surface area contributed by atoms with E-state index in [4.69, 9.17) is 14.2 Å². The van der Waals surface area contributed by atoms with E-state index in [1.54, 1.807) is 4.98 Å². The van der Waals surface area contributed by atoms with Crippen molar-refractivity contribution < 1.29 is 37.0 Å². The molecule has 0 amide bonds. The summed E-state index contributed by atoms with van der Waals surface area (Å²) in [6.07, 6.45) is -8.01. The van der Waals surface area contributed by atoms with Crippen molar-refractivity contribution in [2.75, 3.05) is 6.61 Å². The van der Waals surface area contributed by atoms with Crippen LogP contribution in [0.4, 0.5) is 13.2 Å². The van der Waals surface area contributed by atoms with Crippen molar-refractivity contribution in [1.29, 1.82) is 0 Å². The lowest BCUT2D eigenvalue weighted by atomic mass is 10.2. The number of aromatic amines is 1. The summed E-state index contributed by atoms with van der Waals surface area (Å²) in [5.74, 6) is -1.32. The van der Waals surface area contributed by atoms with Gasteiger partial charge in [0.15, 0.2) is 0 Å². The van der Waals surface area contributed by atoms with E-state index in [1.165, 1.54) is 0 Å². The number of nitrogens with zero attached hydrogens (tertiary/aromatic N) is 1. The largest absolute Gasteiger partial charge is 0.463 e. The molecule has 1 saturated heterocycles. The van der Waals surface area contributed by atoms with Gasteiger partial charge in [-0.2, -0.15) is 13.2 Å². The second-order valence-corrected chi connectivity index (χ2v) is 5.52. The van der Waals surface area contributed by atoms with Gasteiger partial charge >= 0.3 is 23.8 Å². The fraction of sp³-hybridized carbons (Fsp3) is 0.571. The number of alkyl halides is 3. The molecule has 26 heavy (non-hydrogen) atoms. The van der Waals surface area contributed by atoms with Gasteiger partial charge in [-0.05, 0) is 0 Å². The van der Waals surface area contributed by atoms with Crippen LogP contribution in [0.25, 0.3) is 0 Å². The molecule has 1 aromatic heterocycles. The number of ether oxygens (including phenoxy) is 3. The van der Waals surface area contributed by atoms with Crippen LogP contribution in [0.2, 0.25) is 0 Å². The Kier molecular flexibility index (Phi) is 5.54. The van der Waals surface area contributed by atoms with E-state index in [2.05, 4.69) is 0 Å². The smallest absolute Gasteiger partial charge is 0.423 e. The van der Waals surface area contributed by atoms with Gasteiger partial charge in [-0.1, -0.05) is 0 Å². The average molecular weight is 380 g/mol. The van der Waals surface area contributed by atoms with Gasteiger partial charge < -0.3 is 14.2 Å². The standard InChI is InChI=1S/C14H15F3N2O7/c1-6(20)24-5-10-9(25-7(2)21)3-11(26-10)19-4-8(14(15,16)17)12(22)18-13(19)23/h4,9-11H,3,5H2,1-2H3,(H,18,22,23)/t9-,10-,11-/m1/s1. The number of aromatic nitrogens is 2. The second kappa shape index (κ2) is 7.32. The summed E-state index contributed by atoms with van der Waals surface area (Å²) in [4.78, 5) is 46.9. The molecule has 9 nitrogen and oxygen atoms in total. The first kappa shape index (κ1) is 19.7. The molecule has 1 aromatic rings. The number of hydrogen-bond donors (Lipinski definition) is 1. The molecule has 2 heterocycles. The first-order valence-corrected chi connectivity index (χ1v) is 7.37. The Balaban J connectivity index is 2.33. The highest BCUT2D eigenvalue weighted by molar-refractivity contribution is 5.66. The lowest BCUT2D eigenvalue weighted by molar-refractivity contribution is -0.155. The SMILES string of the molecule is CC(=O)OC[C@H]1O[C@@H](n2cc(C(F)(F)F)c(=O)[nH]c2=O)C[C@H]1OC(C)=O. The van der Waals surface area contributed by atoms with Gasteiger partial charge in [0, 0.05) is 26.5 Å². The maximum absolute atomic E-state index is 12.9. The van der Waals surface area contributed by atoms with Crippen molar-refractivity contribution in [1.82, 2.24) is 9.55 Å². The summed E-state index contributed by atoms with van der Waals surface area (Å²) in [5.41, 5.74) is -4.28. The first-order valence-electron chi connectivity index (χ1n) is 7.37. The molecular formula is C14H15F3N2O7. The van der Waals surface area contributed by atoms with Crippen LogP contribution in [0.1, 0.15) is 32.1 Å². The summed E-state index contributed by atoms with van der Waals surface area (Å²) in [5, 5.41) is 0. The van der Waals surface area contributed by atoms with E-state index < -0.39 is 53.4 Å². The van der Waals surface area contributed by atoms with Crippen LogP contribution in [0.15, 0.2) is 15.8 Å².